The first kappa shape index (κ1) is 14.5. The van der Waals surface area contributed by atoms with Crippen LogP contribution in [-0.2, 0) is 15.0 Å². The molecule has 1 aliphatic rings. The van der Waals surface area contributed by atoms with Crippen molar-refractivity contribution < 1.29 is 9.59 Å². The van der Waals surface area contributed by atoms with Crippen LogP contribution >= 0.6 is 0 Å². The third-order valence-corrected chi connectivity index (χ3v) is 3.86. The van der Waals surface area contributed by atoms with E-state index in [0.29, 0.717) is 19.6 Å². The van der Waals surface area contributed by atoms with Crippen LogP contribution in [0, 0.1) is 0 Å². The Bertz CT molecular complexity index is 499. The van der Waals surface area contributed by atoms with Crippen LogP contribution in [-0.4, -0.2) is 42.4 Å². The third-order valence-electron chi connectivity index (χ3n) is 3.86. The maximum Gasteiger partial charge on any atom is 0.241 e. The molecule has 0 spiro atoms. The van der Waals surface area contributed by atoms with Crippen LogP contribution < -0.4 is 11.1 Å². The van der Waals surface area contributed by atoms with Gasteiger partial charge in [-0.3, -0.25) is 9.59 Å². The molecule has 5 heteroatoms. The Labute approximate surface area is 119 Å². The van der Waals surface area contributed by atoms with Crippen molar-refractivity contribution in [2.24, 2.45) is 5.73 Å². The van der Waals surface area contributed by atoms with E-state index in [1.54, 1.807) is 4.90 Å². The summed E-state index contributed by atoms with van der Waals surface area (Å²) in [5.41, 5.74) is 5.67. The molecule has 0 bridgehead atoms. The topological polar surface area (TPSA) is 75.4 Å². The lowest BCUT2D eigenvalue weighted by Gasteiger charge is -2.39. The number of primary amides is 1. The molecule has 1 fully saturated rings. The monoisotopic (exact) mass is 275 g/mol. The second-order valence-corrected chi connectivity index (χ2v) is 5.61. The van der Waals surface area contributed by atoms with Gasteiger partial charge in [-0.2, -0.15) is 0 Å². The van der Waals surface area contributed by atoms with Gasteiger partial charge in [-0.05, 0) is 19.4 Å². The number of amides is 2. The highest BCUT2D eigenvalue weighted by Gasteiger charge is 2.39. The number of carbonyl (C=O) groups excluding carboxylic acids is 2. The highest BCUT2D eigenvalue weighted by atomic mass is 16.2. The molecule has 1 aromatic rings. The first-order chi connectivity index (χ1) is 9.44. The van der Waals surface area contributed by atoms with Gasteiger partial charge in [0.15, 0.2) is 0 Å². The predicted molar refractivity (Wildman–Crippen MR) is 77.0 cm³/mol. The lowest BCUT2D eigenvalue weighted by atomic mass is 9.82. The van der Waals surface area contributed by atoms with Crippen molar-refractivity contribution >= 4 is 11.8 Å². The van der Waals surface area contributed by atoms with E-state index < -0.39 is 17.4 Å². The number of benzene rings is 1. The summed E-state index contributed by atoms with van der Waals surface area (Å²) in [4.78, 5) is 25.9. The van der Waals surface area contributed by atoms with Crippen LogP contribution in [0.1, 0.15) is 19.4 Å². The Hall–Kier alpha value is -1.88. The maximum absolute atomic E-state index is 12.8. The second kappa shape index (κ2) is 5.63. The zero-order valence-corrected chi connectivity index (χ0v) is 11.9. The van der Waals surface area contributed by atoms with E-state index in [0.717, 1.165) is 5.56 Å². The molecule has 1 heterocycles. The zero-order chi connectivity index (χ0) is 14.8. The number of nitrogens with two attached hydrogens (primary N) is 1. The molecule has 108 valence electrons. The lowest BCUT2D eigenvalue weighted by molar-refractivity contribution is -0.144. The van der Waals surface area contributed by atoms with Gasteiger partial charge < -0.3 is 16.0 Å². The van der Waals surface area contributed by atoms with Gasteiger partial charge in [0.1, 0.15) is 6.04 Å². The number of carbonyl (C=O) groups is 2. The summed E-state index contributed by atoms with van der Waals surface area (Å²) >= 11 is 0. The first-order valence-corrected chi connectivity index (χ1v) is 6.81. The molecule has 20 heavy (non-hydrogen) atoms. The van der Waals surface area contributed by atoms with Crippen LogP contribution in [0.2, 0.25) is 0 Å². The molecule has 2 amide bonds. The van der Waals surface area contributed by atoms with Crippen molar-refractivity contribution in [3.63, 3.8) is 0 Å². The lowest BCUT2D eigenvalue weighted by Crippen LogP contribution is -2.61. The molecule has 5 nitrogen and oxygen atoms in total. The van der Waals surface area contributed by atoms with E-state index in [-0.39, 0.29) is 5.91 Å². The Morgan fingerprint density at radius 3 is 2.55 bits per heavy atom. The highest BCUT2D eigenvalue weighted by Crippen LogP contribution is 2.26. The largest absolute Gasteiger partial charge is 0.368 e. The minimum Gasteiger partial charge on any atom is -0.368 e. The van der Waals surface area contributed by atoms with E-state index in [9.17, 15) is 9.59 Å². The Balaban J connectivity index is 2.27. The predicted octanol–water partition coefficient (Wildman–Crippen LogP) is 0.250. The normalized spacial score (nSPS) is 19.7. The summed E-state index contributed by atoms with van der Waals surface area (Å²) in [6.45, 7) is 5.37. The fraction of sp³-hybridized carbons (Fsp3) is 0.467. The third kappa shape index (κ3) is 2.67. The Morgan fingerprint density at radius 2 is 1.95 bits per heavy atom. The summed E-state index contributed by atoms with van der Waals surface area (Å²) in [6, 6.07) is 9.03. The summed E-state index contributed by atoms with van der Waals surface area (Å²) < 4.78 is 0. The summed E-state index contributed by atoms with van der Waals surface area (Å²) in [6.07, 6.45) is 0. The molecule has 3 N–H and O–H groups in total. The van der Waals surface area contributed by atoms with E-state index in [4.69, 9.17) is 5.73 Å². The number of nitrogens with one attached hydrogen (secondary N) is 1. The van der Waals surface area contributed by atoms with Crippen molar-refractivity contribution in [3.8, 4) is 0 Å². The molecule has 0 aliphatic carbocycles. The molecule has 1 saturated heterocycles. The van der Waals surface area contributed by atoms with Crippen LogP contribution in [0.5, 0.6) is 0 Å². The minimum atomic E-state index is -0.674. The average molecular weight is 275 g/mol. The Kier molecular flexibility index (Phi) is 4.09. The summed E-state index contributed by atoms with van der Waals surface area (Å²) in [5, 5.41) is 3.10. The standard InChI is InChI=1S/C15H21N3O2/c1-15(2,11-6-4-3-5-7-11)14(20)18-9-8-17-10-12(18)13(16)19/h3-7,12,17H,8-10H2,1-2H3,(H2,16,19). The van der Waals surface area contributed by atoms with E-state index in [1.807, 2.05) is 44.2 Å². The Morgan fingerprint density at radius 1 is 1.30 bits per heavy atom. The van der Waals surface area contributed by atoms with E-state index in [2.05, 4.69) is 5.32 Å². The second-order valence-electron chi connectivity index (χ2n) is 5.61. The fourth-order valence-electron chi connectivity index (χ4n) is 2.54. The minimum absolute atomic E-state index is 0.0611. The number of nitrogens with zero attached hydrogens (tertiary/aromatic N) is 1. The molecule has 0 radical (unpaired) electrons. The number of hydrogen-bond acceptors (Lipinski definition) is 3. The van der Waals surface area contributed by atoms with E-state index >= 15 is 0 Å². The molecular formula is C15H21N3O2. The zero-order valence-electron chi connectivity index (χ0n) is 11.9. The van der Waals surface area contributed by atoms with Gasteiger partial charge in [0, 0.05) is 19.6 Å². The van der Waals surface area contributed by atoms with Gasteiger partial charge >= 0.3 is 0 Å². The average Bonchev–Trinajstić information content (AvgIpc) is 2.47. The molecular weight excluding hydrogens is 254 g/mol. The smallest absolute Gasteiger partial charge is 0.241 e. The van der Waals surface area contributed by atoms with Gasteiger partial charge in [0.2, 0.25) is 11.8 Å². The number of piperazine rings is 1. The van der Waals surface area contributed by atoms with Crippen molar-refractivity contribution in [1.29, 1.82) is 0 Å². The first-order valence-electron chi connectivity index (χ1n) is 6.81. The van der Waals surface area contributed by atoms with Crippen LogP contribution in [0.3, 0.4) is 0 Å². The SMILES string of the molecule is CC(C)(C(=O)N1CCNCC1C(N)=O)c1ccccc1. The molecule has 0 aromatic heterocycles. The molecule has 0 saturated carbocycles. The summed E-state index contributed by atoms with van der Waals surface area (Å²) in [7, 11) is 0. The maximum atomic E-state index is 12.8. The molecule has 1 unspecified atom stereocenters. The van der Waals surface area contributed by atoms with Gasteiger partial charge in [0.25, 0.3) is 0 Å². The van der Waals surface area contributed by atoms with Gasteiger partial charge in [-0.15, -0.1) is 0 Å². The molecule has 1 atom stereocenters. The number of hydrogen-bond donors (Lipinski definition) is 2. The van der Waals surface area contributed by atoms with Crippen LogP contribution in [0.25, 0.3) is 0 Å². The van der Waals surface area contributed by atoms with Gasteiger partial charge in [-0.1, -0.05) is 30.3 Å². The van der Waals surface area contributed by atoms with Crippen molar-refractivity contribution in [2.45, 2.75) is 25.3 Å². The highest BCUT2D eigenvalue weighted by molar-refractivity contribution is 5.92. The summed E-state index contributed by atoms with van der Waals surface area (Å²) in [5.74, 6) is -0.525. The van der Waals surface area contributed by atoms with Crippen molar-refractivity contribution in [3.05, 3.63) is 35.9 Å². The van der Waals surface area contributed by atoms with Crippen molar-refractivity contribution in [1.82, 2.24) is 10.2 Å². The molecule has 2 rings (SSSR count). The number of rotatable bonds is 3. The van der Waals surface area contributed by atoms with Gasteiger partial charge in [-0.25, -0.2) is 0 Å². The van der Waals surface area contributed by atoms with Gasteiger partial charge in [0.05, 0.1) is 5.41 Å². The van der Waals surface area contributed by atoms with Crippen LogP contribution in [0.4, 0.5) is 0 Å². The van der Waals surface area contributed by atoms with E-state index in [1.165, 1.54) is 0 Å². The fourth-order valence-corrected chi connectivity index (χ4v) is 2.54. The molecule has 1 aromatic carbocycles. The van der Waals surface area contributed by atoms with Crippen molar-refractivity contribution in [2.75, 3.05) is 19.6 Å². The quantitative estimate of drug-likeness (QED) is 0.830. The van der Waals surface area contributed by atoms with Crippen LogP contribution in [0.15, 0.2) is 30.3 Å². The molecule has 1 aliphatic heterocycles.